The number of esters is 1. The molecule has 2 N–H and O–H groups in total. The minimum absolute atomic E-state index is 0.315. The van der Waals surface area contributed by atoms with Crippen LogP contribution < -0.4 is 10.6 Å². The predicted octanol–water partition coefficient (Wildman–Crippen LogP) is 4.74. The number of aryl methyl sites for hydroxylation is 2. The zero-order chi connectivity index (χ0) is 28.9. The van der Waals surface area contributed by atoms with Crippen LogP contribution in [0.3, 0.4) is 0 Å². The van der Waals surface area contributed by atoms with Gasteiger partial charge in [-0.15, -0.1) is 0 Å². The second kappa shape index (κ2) is 16.0. The summed E-state index contributed by atoms with van der Waals surface area (Å²) >= 11 is 0. The largest absolute Gasteiger partial charge is 0.468 e. The third-order valence-corrected chi connectivity index (χ3v) is 6.15. The molecule has 0 bridgehead atoms. The van der Waals surface area contributed by atoms with E-state index >= 15 is 0 Å². The molecule has 0 aliphatic heterocycles. The lowest BCUT2D eigenvalue weighted by atomic mass is 9.93. The maximum absolute atomic E-state index is 13.8. The fourth-order valence-corrected chi connectivity index (χ4v) is 4.24. The topological polar surface area (TPSA) is 114 Å². The van der Waals surface area contributed by atoms with Crippen LogP contribution in [0, 0.1) is 13.8 Å². The third-order valence-electron chi connectivity index (χ3n) is 6.15. The lowest BCUT2D eigenvalue weighted by molar-refractivity contribution is -0.144. The average Bonchev–Trinajstić information content (AvgIpc) is 2.83. The Morgan fingerprint density at radius 3 is 2.11 bits per heavy atom. The van der Waals surface area contributed by atoms with Gasteiger partial charge in [-0.3, -0.25) is 14.4 Å². The number of hydrogen-bond acceptors (Lipinski definition) is 6. The van der Waals surface area contributed by atoms with Crippen LogP contribution in [0.4, 0.5) is 4.79 Å². The van der Waals surface area contributed by atoms with Gasteiger partial charge in [0.15, 0.2) is 0 Å². The van der Waals surface area contributed by atoms with Gasteiger partial charge in [0.2, 0.25) is 11.8 Å². The quantitative estimate of drug-likeness (QED) is 0.264. The highest BCUT2D eigenvalue weighted by Crippen LogP contribution is 2.29. The van der Waals surface area contributed by atoms with Crippen LogP contribution >= 0.6 is 0 Å². The van der Waals surface area contributed by atoms with Crippen molar-refractivity contribution in [2.45, 2.75) is 105 Å². The van der Waals surface area contributed by atoms with Crippen molar-refractivity contribution in [3.8, 4) is 0 Å². The Kier molecular flexibility index (Phi) is 13.9. The third kappa shape index (κ3) is 11.1. The Labute approximate surface area is 228 Å². The highest BCUT2D eigenvalue weighted by atomic mass is 16.6. The molecule has 0 aliphatic rings. The summed E-state index contributed by atoms with van der Waals surface area (Å²) in [5.41, 5.74) is 1.66. The monoisotopic (exact) mass is 533 g/mol. The summed E-state index contributed by atoms with van der Waals surface area (Å²) in [5, 5.41) is 5.24. The summed E-state index contributed by atoms with van der Waals surface area (Å²) < 4.78 is 10.0. The van der Waals surface area contributed by atoms with Crippen molar-refractivity contribution >= 4 is 23.9 Å². The second-order valence-corrected chi connectivity index (χ2v) is 10.7. The van der Waals surface area contributed by atoms with Gasteiger partial charge in [-0.2, -0.15) is 0 Å². The van der Waals surface area contributed by atoms with E-state index in [0.29, 0.717) is 18.5 Å². The standard InChI is InChI=1S/C29H47N3O6/c1-9-10-11-12-13-14-18-32(27(35)22(4)31-28(36)38-29(5,6)7)25(26(34)30-19-23(33)37-8)24-20(2)16-15-17-21(24)3/h15-17,22,25H,9-14,18-19H2,1-8H3,(H,30,34)(H,31,36). The summed E-state index contributed by atoms with van der Waals surface area (Å²) in [7, 11) is 1.25. The second-order valence-electron chi connectivity index (χ2n) is 10.7. The first-order valence-corrected chi connectivity index (χ1v) is 13.5. The van der Waals surface area contributed by atoms with E-state index in [4.69, 9.17) is 4.74 Å². The van der Waals surface area contributed by atoms with Gasteiger partial charge in [0.1, 0.15) is 24.2 Å². The number of carbonyl (C=O) groups is 4. The lowest BCUT2D eigenvalue weighted by Crippen LogP contribution is -2.52. The van der Waals surface area contributed by atoms with Gasteiger partial charge >= 0.3 is 12.1 Å². The average molecular weight is 534 g/mol. The Balaban J connectivity index is 3.37. The van der Waals surface area contributed by atoms with Crippen molar-refractivity contribution in [1.82, 2.24) is 15.5 Å². The molecule has 0 saturated carbocycles. The van der Waals surface area contributed by atoms with Crippen LogP contribution in [0.15, 0.2) is 18.2 Å². The molecular weight excluding hydrogens is 486 g/mol. The van der Waals surface area contributed by atoms with Crippen LogP contribution in [0.1, 0.15) is 95.9 Å². The van der Waals surface area contributed by atoms with E-state index in [2.05, 4.69) is 22.3 Å². The summed E-state index contributed by atoms with van der Waals surface area (Å²) in [5.74, 6) is -1.49. The number of benzene rings is 1. The Morgan fingerprint density at radius 1 is 0.974 bits per heavy atom. The zero-order valence-corrected chi connectivity index (χ0v) is 24.4. The SMILES string of the molecule is CCCCCCCCN(C(=O)C(C)NC(=O)OC(C)(C)C)C(C(=O)NCC(=O)OC)c1c(C)cccc1C. The van der Waals surface area contributed by atoms with E-state index < -0.39 is 41.6 Å². The van der Waals surface area contributed by atoms with E-state index in [1.54, 1.807) is 27.7 Å². The molecule has 0 heterocycles. The number of carbonyl (C=O) groups excluding carboxylic acids is 4. The van der Waals surface area contributed by atoms with Crippen LogP contribution in [0.5, 0.6) is 0 Å². The molecule has 2 unspecified atom stereocenters. The van der Waals surface area contributed by atoms with Gasteiger partial charge in [0.05, 0.1) is 7.11 Å². The molecule has 0 radical (unpaired) electrons. The smallest absolute Gasteiger partial charge is 0.408 e. The van der Waals surface area contributed by atoms with Crippen molar-refractivity contribution in [3.05, 3.63) is 34.9 Å². The molecule has 2 atom stereocenters. The molecule has 9 nitrogen and oxygen atoms in total. The van der Waals surface area contributed by atoms with Crippen LogP contribution in [-0.4, -0.2) is 60.6 Å². The fraction of sp³-hybridized carbons (Fsp3) is 0.655. The Bertz CT molecular complexity index is 920. The van der Waals surface area contributed by atoms with Crippen molar-refractivity contribution in [1.29, 1.82) is 0 Å². The predicted molar refractivity (Wildman–Crippen MR) is 148 cm³/mol. The lowest BCUT2D eigenvalue weighted by Gasteiger charge is -2.35. The van der Waals surface area contributed by atoms with Crippen molar-refractivity contribution in [2.75, 3.05) is 20.2 Å². The maximum atomic E-state index is 13.8. The molecule has 0 spiro atoms. The molecule has 0 saturated heterocycles. The van der Waals surface area contributed by atoms with Gasteiger partial charge < -0.3 is 25.0 Å². The van der Waals surface area contributed by atoms with Gasteiger partial charge in [-0.05, 0) is 64.7 Å². The molecule has 0 aromatic heterocycles. The number of hydrogen-bond donors (Lipinski definition) is 2. The number of unbranched alkanes of at least 4 members (excludes halogenated alkanes) is 5. The van der Waals surface area contributed by atoms with Crippen molar-refractivity contribution < 1.29 is 28.7 Å². The first-order valence-electron chi connectivity index (χ1n) is 13.5. The number of rotatable bonds is 14. The Hall–Kier alpha value is -3.10. The summed E-state index contributed by atoms with van der Waals surface area (Å²) in [4.78, 5) is 53.1. The van der Waals surface area contributed by atoms with E-state index in [1.807, 2.05) is 32.0 Å². The number of alkyl carbamates (subject to hydrolysis) is 1. The highest BCUT2D eigenvalue weighted by molar-refractivity contribution is 5.93. The Morgan fingerprint density at radius 2 is 1.55 bits per heavy atom. The zero-order valence-electron chi connectivity index (χ0n) is 24.4. The number of amides is 3. The van der Waals surface area contributed by atoms with Gasteiger partial charge in [-0.1, -0.05) is 57.2 Å². The van der Waals surface area contributed by atoms with Gasteiger partial charge in [0, 0.05) is 6.54 Å². The van der Waals surface area contributed by atoms with E-state index in [0.717, 1.165) is 43.2 Å². The van der Waals surface area contributed by atoms with Crippen molar-refractivity contribution in [2.24, 2.45) is 0 Å². The molecular formula is C29H47N3O6. The number of methoxy groups -OCH3 is 1. The molecule has 1 aromatic rings. The van der Waals surface area contributed by atoms with E-state index in [-0.39, 0.29) is 6.54 Å². The minimum Gasteiger partial charge on any atom is -0.468 e. The highest BCUT2D eigenvalue weighted by Gasteiger charge is 2.36. The number of ether oxygens (including phenoxy) is 2. The summed E-state index contributed by atoms with van der Waals surface area (Å²) in [6, 6.07) is 3.73. The van der Waals surface area contributed by atoms with Gasteiger partial charge in [-0.25, -0.2) is 4.79 Å². The molecule has 1 rings (SSSR count). The molecule has 0 fully saturated rings. The molecule has 1 aromatic carbocycles. The molecule has 214 valence electrons. The maximum Gasteiger partial charge on any atom is 0.408 e. The van der Waals surface area contributed by atoms with Gasteiger partial charge in [0.25, 0.3) is 0 Å². The normalized spacial score (nSPS) is 12.7. The van der Waals surface area contributed by atoms with E-state index in [1.165, 1.54) is 12.0 Å². The number of nitrogens with zero attached hydrogens (tertiary/aromatic N) is 1. The number of nitrogens with one attached hydrogen (secondary N) is 2. The van der Waals surface area contributed by atoms with Crippen LogP contribution in [0.2, 0.25) is 0 Å². The van der Waals surface area contributed by atoms with Crippen molar-refractivity contribution in [3.63, 3.8) is 0 Å². The summed E-state index contributed by atoms with van der Waals surface area (Å²) in [6.45, 7) is 12.7. The molecule has 38 heavy (non-hydrogen) atoms. The fourth-order valence-electron chi connectivity index (χ4n) is 4.24. The van der Waals surface area contributed by atoms with Crippen LogP contribution in [0.25, 0.3) is 0 Å². The van der Waals surface area contributed by atoms with Crippen LogP contribution in [-0.2, 0) is 23.9 Å². The molecule has 0 aliphatic carbocycles. The molecule has 9 heteroatoms. The molecule has 3 amide bonds. The first kappa shape index (κ1) is 32.9. The van der Waals surface area contributed by atoms with E-state index in [9.17, 15) is 19.2 Å². The summed E-state index contributed by atoms with van der Waals surface area (Å²) in [6.07, 6.45) is 5.32. The first-order chi connectivity index (χ1) is 17.8. The minimum atomic E-state index is -0.994.